The Morgan fingerprint density at radius 3 is 2.67 bits per heavy atom. The highest BCUT2D eigenvalue weighted by Crippen LogP contribution is 2.40. The zero-order chi connectivity index (χ0) is 11.2. The van der Waals surface area contributed by atoms with E-state index in [-0.39, 0.29) is 11.4 Å². The van der Waals surface area contributed by atoms with Crippen LogP contribution in [0.25, 0.3) is 0 Å². The van der Waals surface area contributed by atoms with Crippen molar-refractivity contribution >= 4 is 5.82 Å². The zero-order valence-corrected chi connectivity index (χ0v) is 7.80. The number of alkyl halides is 3. The van der Waals surface area contributed by atoms with Gasteiger partial charge in [-0.15, -0.1) is 0 Å². The second-order valence-corrected chi connectivity index (χ2v) is 3.60. The number of anilines is 1. The maximum atomic E-state index is 12.7. The maximum Gasteiger partial charge on any atom is 0.416 e. The van der Waals surface area contributed by atoms with E-state index < -0.39 is 17.8 Å². The first-order valence-corrected chi connectivity index (χ1v) is 4.51. The van der Waals surface area contributed by atoms with Crippen molar-refractivity contribution in [2.75, 3.05) is 5.73 Å². The molecule has 0 amide bonds. The quantitative estimate of drug-likeness (QED) is 0.694. The number of fused-ring (bicyclic) bond motifs is 1. The summed E-state index contributed by atoms with van der Waals surface area (Å²) in [5, 5.41) is 0. The molecule has 1 heterocycles. The van der Waals surface area contributed by atoms with Crippen LogP contribution < -0.4 is 11.5 Å². The number of hydrogen-bond donors (Lipinski definition) is 2. The molecule has 1 atom stereocenters. The molecule has 1 unspecified atom stereocenters. The first kappa shape index (κ1) is 10.2. The van der Waals surface area contributed by atoms with Gasteiger partial charge in [0, 0.05) is 17.3 Å². The van der Waals surface area contributed by atoms with Crippen LogP contribution in [0.3, 0.4) is 0 Å². The lowest BCUT2D eigenvalue weighted by atomic mass is 10.0. The van der Waals surface area contributed by atoms with E-state index in [0.29, 0.717) is 18.5 Å². The monoisotopic (exact) mass is 217 g/mol. The third-order valence-corrected chi connectivity index (χ3v) is 2.53. The first-order valence-electron chi connectivity index (χ1n) is 4.51. The fourth-order valence-corrected chi connectivity index (χ4v) is 1.90. The van der Waals surface area contributed by atoms with Gasteiger partial charge in [-0.05, 0) is 18.9 Å². The Bertz CT molecular complexity index is 400. The molecule has 0 aliphatic heterocycles. The minimum absolute atomic E-state index is 0.102. The van der Waals surface area contributed by atoms with Gasteiger partial charge in [0.2, 0.25) is 0 Å². The Labute approximate surface area is 84.3 Å². The average molecular weight is 217 g/mol. The highest BCUT2D eigenvalue weighted by molar-refractivity contribution is 5.46. The molecular weight excluding hydrogens is 207 g/mol. The van der Waals surface area contributed by atoms with Crippen LogP contribution in [0.2, 0.25) is 0 Å². The number of hydrogen-bond acceptors (Lipinski definition) is 3. The largest absolute Gasteiger partial charge is 0.416 e. The molecule has 15 heavy (non-hydrogen) atoms. The van der Waals surface area contributed by atoms with Gasteiger partial charge in [-0.25, -0.2) is 4.98 Å². The van der Waals surface area contributed by atoms with Crippen molar-refractivity contribution in [2.24, 2.45) is 5.73 Å². The van der Waals surface area contributed by atoms with Crippen LogP contribution in [-0.2, 0) is 12.6 Å². The van der Waals surface area contributed by atoms with Crippen LogP contribution in [-0.4, -0.2) is 4.98 Å². The van der Waals surface area contributed by atoms with Gasteiger partial charge >= 0.3 is 6.18 Å². The predicted molar refractivity (Wildman–Crippen MR) is 48.9 cm³/mol. The van der Waals surface area contributed by atoms with E-state index >= 15 is 0 Å². The summed E-state index contributed by atoms with van der Waals surface area (Å²) in [7, 11) is 0. The molecule has 6 heteroatoms. The maximum absolute atomic E-state index is 12.7. The molecule has 2 rings (SSSR count). The third-order valence-electron chi connectivity index (χ3n) is 2.53. The van der Waals surface area contributed by atoms with Crippen molar-refractivity contribution in [3.8, 4) is 0 Å². The number of aryl methyl sites for hydroxylation is 1. The molecule has 1 aromatic rings. The van der Waals surface area contributed by atoms with Crippen molar-refractivity contribution in [3.05, 3.63) is 22.9 Å². The van der Waals surface area contributed by atoms with Gasteiger partial charge < -0.3 is 11.5 Å². The molecule has 82 valence electrons. The molecule has 4 N–H and O–H groups in total. The molecule has 0 spiro atoms. The molecule has 0 radical (unpaired) electrons. The molecular formula is C9H10F3N3. The highest BCUT2D eigenvalue weighted by atomic mass is 19.4. The van der Waals surface area contributed by atoms with E-state index in [1.54, 1.807) is 0 Å². The number of halogens is 3. The van der Waals surface area contributed by atoms with Gasteiger partial charge in [0.25, 0.3) is 0 Å². The Hall–Kier alpha value is -1.30. The van der Waals surface area contributed by atoms with E-state index in [4.69, 9.17) is 11.5 Å². The minimum atomic E-state index is -4.41. The summed E-state index contributed by atoms with van der Waals surface area (Å²) in [5.74, 6) is -0.102. The van der Waals surface area contributed by atoms with Crippen LogP contribution in [0.5, 0.6) is 0 Å². The molecule has 1 aliphatic rings. The third kappa shape index (κ3) is 1.65. The fourth-order valence-electron chi connectivity index (χ4n) is 1.90. The summed E-state index contributed by atoms with van der Waals surface area (Å²) < 4.78 is 38.0. The lowest BCUT2D eigenvalue weighted by Crippen LogP contribution is -2.16. The molecule has 0 fully saturated rings. The van der Waals surface area contributed by atoms with Crippen molar-refractivity contribution in [1.82, 2.24) is 4.98 Å². The summed E-state index contributed by atoms with van der Waals surface area (Å²) in [6.45, 7) is 0. The smallest absolute Gasteiger partial charge is 0.384 e. The first-order chi connectivity index (χ1) is 6.89. The fraction of sp³-hybridized carbons (Fsp3) is 0.444. The van der Waals surface area contributed by atoms with E-state index in [9.17, 15) is 13.2 Å². The lowest BCUT2D eigenvalue weighted by molar-refractivity contribution is -0.138. The lowest BCUT2D eigenvalue weighted by Gasteiger charge is -2.15. The topological polar surface area (TPSA) is 64.9 Å². The summed E-state index contributed by atoms with van der Waals surface area (Å²) in [6, 6.07) is 0.272. The summed E-state index contributed by atoms with van der Waals surface area (Å²) in [6.07, 6.45) is -3.46. The average Bonchev–Trinajstić information content (AvgIpc) is 2.44. The van der Waals surface area contributed by atoms with Crippen LogP contribution in [0.15, 0.2) is 6.07 Å². The number of pyridine rings is 1. The number of nitrogen functional groups attached to an aromatic ring is 1. The van der Waals surface area contributed by atoms with E-state index in [2.05, 4.69) is 4.98 Å². The van der Waals surface area contributed by atoms with Gasteiger partial charge in [-0.3, -0.25) is 0 Å². The van der Waals surface area contributed by atoms with Gasteiger partial charge in [0.1, 0.15) is 5.82 Å². The van der Waals surface area contributed by atoms with Gasteiger partial charge in [-0.2, -0.15) is 13.2 Å². The molecule has 0 saturated carbocycles. The predicted octanol–water partition coefficient (Wildman–Crippen LogP) is 1.63. The second kappa shape index (κ2) is 3.10. The van der Waals surface area contributed by atoms with Gasteiger partial charge in [0.15, 0.2) is 0 Å². The standard InChI is InChI=1S/C9H10F3N3/c10-9(11,12)4-3-7(14)15-6-2-1-5(13)8(4)6/h3,5H,1-2,13H2,(H2,14,15). The zero-order valence-electron chi connectivity index (χ0n) is 7.80. The number of aromatic nitrogens is 1. The van der Waals surface area contributed by atoms with E-state index in [0.717, 1.165) is 6.07 Å². The van der Waals surface area contributed by atoms with E-state index in [1.807, 2.05) is 0 Å². The molecule has 0 saturated heterocycles. The van der Waals surface area contributed by atoms with Gasteiger partial charge in [0.05, 0.1) is 5.56 Å². The minimum Gasteiger partial charge on any atom is -0.384 e. The van der Waals surface area contributed by atoms with Crippen LogP contribution in [0.4, 0.5) is 19.0 Å². The Balaban J connectivity index is 2.64. The highest BCUT2D eigenvalue weighted by Gasteiger charge is 2.38. The normalized spacial score (nSPS) is 20.4. The van der Waals surface area contributed by atoms with E-state index in [1.165, 1.54) is 0 Å². The number of nitrogens with two attached hydrogens (primary N) is 2. The van der Waals surface area contributed by atoms with Crippen molar-refractivity contribution in [2.45, 2.75) is 25.1 Å². The summed E-state index contributed by atoms with van der Waals surface area (Å²) in [5.41, 5.74) is 10.7. The van der Waals surface area contributed by atoms with Crippen molar-refractivity contribution < 1.29 is 13.2 Å². The Morgan fingerprint density at radius 2 is 2.07 bits per heavy atom. The molecule has 0 bridgehead atoms. The van der Waals surface area contributed by atoms with Crippen LogP contribution >= 0.6 is 0 Å². The van der Waals surface area contributed by atoms with Crippen molar-refractivity contribution in [1.29, 1.82) is 0 Å². The van der Waals surface area contributed by atoms with Gasteiger partial charge in [-0.1, -0.05) is 0 Å². The second-order valence-electron chi connectivity index (χ2n) is 3.60. The van der Waals surface area contributed by atoms with Crippen molar-refractivity contribution in [3.63, 3.8) is 0 Å². The molecule has 0 aromatic carbocycles. The number of nitrogens with zero attached hydrogens (tertiary/aromatic N) is 1. The summed E-state index contributed by atoms with van der Waals surface area (Å²) in [4.78, 5) is 3.88. The number of rotatable bonds is 0. The SMILES string of the molecule is Nc1cc(C(F)(F)F)c2c(n1)CCC2N. The Kier molecular flexibility index (Phi) is 2.11. The molecule has 1 aliphatic carbocycles. The molecule has 3 nitrogen and oxygen atoms in total. The summed E-state index contributed by atoms with van der Waals surface area (Å²) >= 11 is 0. The molecule has 1 aromatic heterocycles. The van der Waals surface area contributed by atoms with Crippen LogP contribution in [0, 0.1) is 0 Å². The Morgan fingerprint density at radius 1 is 1.40 bits per heavy atom. The van der Waals surface area contributed by atoms with Crippen LogP contribution in [0.1, 0.15) is 29.3 Å².